The van der Waals surface area contributed by atoms with Crippen molar-refractivity contribution in [1.29, 1.82) is 0 Å². The Kier molecular flexibility index (Phi) is 4.02. The second kappa shape index (κ2) is 5.55. The average molecular weight is 263 g/mol. The standard InChI is InChI=1S/C14H21N3O2/c1-14(2,3)19-13(18)17-9-5-11(6-10-17)12-15-7-4-8-16-12/h4,7-8,11H,5-6,9-10H2,1-3H3. The van der Waals surface area contributed by atoms with Gasteiger partial charge in [0.05, 0.1) is 0 Å². The fourth-order valence-electron chi connectivity index (χ4n) is 2.17. The number of amides is 1. The van der Waals surface area contributed by atoms with Crippen LogP contribution in [0.25, 0.3) is 0 Å². The lowest BCUT2D eigenvalue weighted by molar-refractivity contribution is 0.0203. The number of ether oxygens (including phenoxy) is 1. The van der Waals surface area contributed by atoms with E-state index in [1.807, 2.05) is 26.8 Å². The van der Waals surface area contributed by atoms with Gasteiger partial charge in [0.15, 0.2) is 0 Å². The van der Waals surface area contributed by atoms with Crippen molar-refractivity contribution >= 4 is 6.09 Å². The average Bonchev–Trinajstić information content (AvgIpc) is 2.38. The van der Waals surface area contributed by atoms with E-state index in [2.05, 4.69) is 9.97 Å². The molecule has 0 saturated carbocycles. The maximum absolute atomic E-state index is 11.9. The molecule has 1 aromatic rings. The van der Waals surface area contributed by atoms with Crippen molar-refractivity contribution < 1.29 is 9.53 Å². The van der Waals surface area contributed by atoms with Crippen molar-refractivity contribution in [2.24, 2.45) is 0 Å². The van der Waals surface area contributed by atoms with Crippen LogP contribution in [0.4, 0.5) is 4.79 Å². The number of piperidine rings is 1. The number of hydrogen-bond acceptors (Lipinski definition) is 4. The van der Waals surface area contributed by atoms with Crippen LogP contribution in [0.5, 0.6) is 0 Å². The summed E-state index contributed by atoms with van der Waals surface area (Å²) in [5.41, 5.74) is -0.434. The molecule has 1 aliphatic rings. The maximum atomic E-state index is 11.9. The molecule has 0 aromatic carbocycles. The summed E-state index contributed by atoms with van der Waals surface area (Å²) in [7, 11) is 0. The first-order chi connectivity index (χ1) is 8.96. The van der Waals surface area contributed by atoms with E-state index >= 15 is 0 Å². The van der Waals surface area contributed by atoms with E-state index in [1.54, 1.807) is 17.3 Å². The monoisotopic (exact) mass is 263 g/mol. The quantitative estimate of drug-likeness (QED) is 0.781. The smallest absolute Gasteiger partial charge is 0.410 e. The van der Waals surface area contributed by atoms with Gasteiger partial charge in [-0.2, -0.15) is 0 Å². The Morgan fingerprint density at radius 1 is 1.26 bits per heavy atom. The van der Waals surface area contributed by atoms with E-state index in [9.17, 15) is 4.79 Å². The molecule has 0 radical (unpaired) electrons. The third-order valence-corrected chi connectivity index (χ3v) is 3.10. The second-order valence-electron chi connectivity index (χ2n) is 5.85. The summed E-state index contributed by atoms with van der Waals surface area (Å²) in [6.07, 6.45) is 5.09. The van der Waals surface area contributed by atoms with Crippen LogP contribution in [-0.4, -0.2) is 39.7 Å². The van der Waals surface area contributed by atoms with E-state index in [0.29, 0.717) is 19.0 Å². The van der Waals surface area contributed by atoms with Crippen LogP contribution in [0.3, 0.4) is 0 Å². The summed E-state index contributed by atoms with van der Waals surface area (Å²) in [4.78, 5) is 22.3. The molecule has 0 spiro atoms. The lowest BCUT2D eigenvalue weighted by atomic mass is 9.96. The van der Waals surface area contributed by atoms with Crippen molar-refractivity contribution in [1.82, 2.24) is 14.9 Å². The summed E-state index contributed by atoms with van der Waals surface area (Å²) < 4.78 is 5.37. The SMILES string of the molecule is CC(C)(C)OC(=O)N1CCC(c2ncccn2)CC1. The van der Waals surface area contributed by atoms with Crippen molar-refractivity contribution in [3.8, 4) is 0 Å². The molecule has 5 heteroatoms. The van der Waals surface area contributed by atoms with E-state index in [-0.39, 0.29) is 6.09 Å². The highest BCUT2D eigenvalue weighted by Crippen LogP contribution is 2.25. The van der Waals surface area contributed by atoms with E-state index in [4.69, 9.17) is 4.74 Å². The summed E-state index contributed by atoms with van der Waals surface area (Å²) in [6, 6.07) is 1.82. The zero-order valence-corrected chi connectivity index (χ0v) is 11.8. The number of hydrogen-bond donors (Lipinski definition) is 0. The van der Waals surface area contributed by atoms with Crippen LogP contribution in [-0.2, 0) is 4.74 Å². The third kappa shape index (κ3) is 3.91. The van der Waals surface area contributed by atoms with E-state index in [0.717, 1.165) is 18.7 Å². The van der Waals surface area contributed by atoms with Gasteiger partial charge in [-0.25, -0.2) is 14.8 Å². The summed E-state index contributed by atoms with van der Waals surface area (Å²) in [5.74, 6) is 1.23. The van der Waals surface area contributed by atoms with Crippen molar-refractivity contribution in [3.63, 3.8) is 0 Å². The second-order valence-corrected chi connectivity index (χ2v) is 5.85. The lowest BCUT2D eigenvalue weighted by Gasteiger charge is -2.32. The lowest BCUT2D eigenvalue weighted by Crippen LogP contribution is -2.41. The first-order valence-electron chi connectivity index (χ1n) is 6.70. The molecule has 0 aliphatic carbocycles. The van der Waals surface area contributed by atoms with Crippen molar-refractivity contribution in [3.05, 3.63) is 24.3 Å². The Morgan fingerprint density at radius 2 is 1.84 bits per heavy atom. The Hall–Kier alpha value is -1.65. The van der Waals surface area contributed by atoms with Gasteiger partial charge in [0.25, 0.3) is 0 Å². The molecule has 1 aromatic heterocycles. The van der Waals surface area contributed by atoms with Crippen LogP contribution in [0.2, 0.25) is 0 Å². The molecule has 1 amide bonds. The van der Waals surface area contributed by atoms with E-state index in [1.165, 1.54) is 0 Å². The van der Waals surface area contributed by atoms with Gasteiger partial charge in [0, 0.05) is 31.4 Å². The predicted molar refractivity (Wildman–Crippen MR) is 71.8 cm³/mol. The first-order valence-corrected chi connectivity index (χ1v) is 6.70. The molecule has 19 heavy (non-hydrogen) atoms. The topological polar surface area (TPSA) is 55.3 Å². The van der Waals surface area contributed by atoms with Gasteiger partial charge in [-0.15, -0.1) is 0 Å². The van der Waals surface area contributed by atoms with Gasteiger partial charge in [-0.3, -0.25) is 0 Å². The molecular weight excluding hydrogens is 242 g/mol. The minimum Gasteiger partial charge on any atom is -0.444 e. The van der Waals surface area contributed by atoms with Gasteiger partial charge in [0.2, 0.25) is 0 Å². The highest BCUT2D eigenvalue weighted by molar-refractivity contribution is 5.68. The Bertz CT molecular complexity index is 420. The molecule has 0 bridgehead atoms. The molecule has 104 valence electrons. The van der Waals surface area contributed by atoms with Gasteiger partial charge in [-0.05, 0) is 39.7 Å². The summed E-state index contributed by atoms with van der Waals surface area (Å²) >= 11 is 0. The highest BCUT2D eigenvalue weighted by Gasteiger charge is 2.28. The molecule has 1 fully saturated rings. The number of carbonyl (C=O) groups is 1. The first kappa shape index (κ1) is 13.8. The number of nitrogens with zero attached hydrogens (tertiary/aromatic N) is 3. The van der Waals surface area contributed by atoms with Crippen LogP contribution >= 0.6 is 0 Å². The fourth-order valence-corrected chi connectivity index (χ4v) is 2.17. The van der Waals surface area contributed by atoms with Gasteiger partial charge in [0.1, 0.15) is 11.4 Å². The number of aromatic nitrogens is 2. The van der Waals surface area contributed by atoms with Crippen LogP contribution < -0.4 is 0 Å². The van der Waals surface area contributed by atoms with E-state index < -0.39 is 5.60 Å². The van der Waals surface area contributed by atoms with Gasteiger partial charge < -0.3 is 9.64 Å². The zero-order valence-electron chi connectivity index (χ0n) is 11.8. The molecule has 0 unspecified atom stereocenters. The molecule has 1 aliphatic heterocycles. The van der Waals surface area contributed by atoms with Gasteiger partial charge >= 0.3 is 6.09 Å². The number of likely N-dealkylation sites (tertiary alicyclic amines) is 1. The molecule has 5 nitrogen and oxygen atoms in total. The number of carbonyl (C=O) groups excluding carboxylic acids is 1. The summed E-state index contributed by atoms with van der Waals surface area (Å²) in [5, 5.41) is 0. The molecule has 2 heterocycles. The Morgan fingerprint density at radius 3 is 2.37 bits per heavy atom. The van der Waals surface area contributed by atoms with Crippen molar-refractivity contribution in [2.75, 3.05) is 13.1 Å². The molecule has 2 rings (SSSR count). The molecule has 1 saturated heterocycles. The molecule has 0 N–H and O–H groups in total. The summed E-state index contributed by atoms with van der Waals surface area (Å²) in [6.45, 7) is 7.07. The minimum atomic E-state index is -0.434. The van der Waals surface area contributed by atoms with Crippen LogP contribution in [0.15, 0.2) is 18.5 Å². The Balaban J connectivity index is 1.88. The Labute approximate surface area is 114 Å². The number of rotatable bonds is 1. The highest BCUT2D eigenvalue weighted by atomic mass is 16.6. The van der Waals surface area contributed by atoms with Crippen LogP contribution in [0.1, 0.15) is 45.4 Å². The minimum absolute atomic E-state index is 0.222. The maximum Gasteiger partial charge on any atom is 0.410 e. The zero-order chi connectivity index (χ0) is 13.9. The fraction of sp³-hybridized carbons (Fsp3) is 0.643. The normalized spacial score (nSPS) is 17.3. The van der Waals surface area contributed by atoms with Gasteiger partial charge in [-0.1, -0.05) is 0 Å². The largest absolute Gasteiger partial charge is 0.444 e. The van der Waals surface area contributed by atoms with Crippen LogP contribution in [0, 0.1) is 0 Å². The molecular formula is C14H21N3O2. The molecule has 0 atom stereocenters. The van der Waals surface area contributed by atoms with Crippen molar-refractivity contribution in [2.45, 2.75) is 45.1 Å². The third-order valence-electron chi connectivity index (χ3n) is 3.10. The predicted octanol–water partition coefficient (Wildman–Crippen LogP) is 2.59.